The summed E-state index contributed by atoms with van der Waals surface area (Å²) in [6.45, 7) is 0. The lowest BCUT2D eigenvalue weighted by Gasteiger charge is -2.11. The fraction of sp³-hybridized carbons (Fsp3) is 0.417. The van der Waals surface area contributed by atoms with Gasteiger partial charge in [-0.3, -0.25) is 4.79 Å². The highest BCUT2D eigenvalue weighted by atomic mass is 16.5. The highest BCUT2D eigenvalue weighted by molar-refractivity contribution is 5.69. The van der Waals surface area contributed by atoms with Gasteiger partial charge in [0.25, 0.3) is 0 Å². The van der Waals surface area contributed by atoms with Crippen LogP contribution in [0.4, 0.5) is 0 Å². The van der Waals surface area contributed by atoms with Gasteiger partial charge in [0.05, 0.1) is 20.3 Å². The van der Waals surface area contributed by atoms with E-state index in [2.05, 4.69) is 14.8 Å². The first-order valence-electron chi connectivity index (χ1n) is 5.46. The van der Waals surface area contributed by atoms with Crippen LogP contribution in [0.25, 0.3) is 10.4 Å². The minimum absolute atomic E-state index is 0.214. The molecule has 0 aliphatic carbocycles. The standard InChI is InChI=1S/C12H15N3O3/c1-17-10-5-3-9(4-6-10)11(14-15-13)7-8-12(16)18-2/h3-6,11H,7-8H2,1-2H3. The van der Waals surface area contributed by atoms with Crippen LogP contribution in [0.1, 0.15) is 24.4 Å². The molecule has 0 aliphatic heterocycles. The fourth-order valence-electron chi connectivity index (χ4n) is 1.54. The van der Waals surface area contributed by atoms with Gasteiger partial charge in [0.1, 0.15) is 5.75 Å². The number of carbonyl (C=O) groups is 1. The van der Waals surface area contributed by atoms with Gasteiger partial charge in [0.15, 0.2) is 0 Å². The summed E-state index contributed by atoms with van der Waals surface area (Å²) in [5.41, 5.74) is 9.38. The van der Waals surface area contributed by atoms with Crippen molar-refractivity contribution in [2.24, 2.45) is 5.11 Å². The summed E-state index contributed by atoms with van der Waals surface area (Å²) in [7, 11) is 2.91. The minimum atomic E-state index is -0.375. The van der Waals surface area contributed by atoms with Crippen molar-refractivity contribution in [2.45, 2.75) is 18.9 Å². The van der Waals surface area contributed by atoms with Crippen molar-refractivity contribution >= 4 is 5.97 Å². The van der Waals surface area contributed by atoms with E-state index in [1.807, 2.05) is 12.1 Å². The molecular weight excluding hydrogens is 234 g/mol. The van der Waals surface area contributed by atoms with Crippen LogP contribution in [0.5, 0.6) is 5.75 Å². The van der Waals surface area contributed by atoms with Crippen LogP contribution in [-0.2, 0) is 9.53 Å². The Bertz CT molecular complexity index is 438. The van der Waals surface area contributed by atoms with Gasteiger partial charge in [-0.2, -0.15) is 0 Å². The topological polar surface area (TPSA) is 84.3 Å². The third kappa shape index (κ3) is 3.99. The summed E-state index contributed by atoms with van der Waals surface area (Å²) in [4.78, 5) is 13.9. The number of hydrogen-bond acceptors (Lipinski definition) is 4. The molecule has 0 saturated heterocycles. The van der Waals surface area contributed by atoms with Crippen LogP contribution in [-0.4, -0.2) is 20.2 Å². The highest BCUT2D eigenvalue weighted by Crippen LogP contribution is 2.25. The number of ether oxygens (including phenoxy) is 2. The lowest BCUT2D eigenvalue weighted by atomic mass is 10.0. The molecule has 0 spiro atoms. The quantitative estimate of drug-likeness (QED) is 0.336. The van der Waals surface area contributed by atoms with Gasteiger partial charge in [-0.1, -0.05) is 17.2 Å². The van der Waals surface area contributed by atoms with E-state index in [1.54, 1.807) is 19.2 Å². The van der Waals surface area contributed by atoms with Crippen molar-refractivity contribution in [3.8, 4) is 5.75 Å². The average molecular weight is 249 g/mol. The molecule has 6 nitrogen and oxygen atoms in total. The summed E-state index contributed by atoms with van der Waals surface area (Å²) in [5.74, 6) is 0.410. The molecule has 0 N–H and O–H groups in total. The van der Waals surface area contributed by atoms with Gasteiger partial charge in [-0.15, -0.1) is 0 Å². The molecule has 0 heterocycles. The summed E-state index contributed by atoms with van der Waals surface area (Å²) in [6, 6.07) is 6.83. The maximum atomic E-state index is 11.1. The molecule has 1 unspecified atom stereocenters. The molecule has 1 atom stereocenters. The molecule has 0 amide bonds. The van der Waals surface area contributed by atoms with Gasteiger partial charge < -0.3 is 9.47 Å². The normalized spacial score (nSPS) is 11.2. The molecular formula is C12H15N3O3. The first-order chi connectivity index (χ1) is 8.71. The number of carbonyl (C=O) groups excluding carboxylic acids is 1. The van der Waals surface area contributed by atoms with Crippen molar-refractivity contribution in [3.05, 3.63) is 40.3 Å². The van der Waals surface area contributed by atoms with Crippen molar-refractivity contribution in [1.29, 1.82) is 0 Å². The van der Waals surface area contributed by atoms with E-state index in [1.165, 1.54) is 7.11 Å². The lowest BCUT2D eigenvalue weighted by Crippen LogP contribution is -2.03. The first-order valence-corrected chi connectivity index (χ1v) is 5.46. The van der Waals surface area contributed by atoms with Crippen molar-refractivity contribution in [1.82, 2.24) is 0 Å². The third-order valence-corrected chi connectivity index (χ3v) is 2.54. The van der Waals surface area contributed by atoms with Gasteiger partial charge in [0.2, 0.25) is 0 Å². The second kappa shape index (κ2) is 7.19. The van der Waals surface area contributed by atoms with E-state index >= 15 is 0 Å². The van der Waals surface area contributed by atoms with Crippen molar-refractivity contribution in [3.63, 3.8) is 0 Å². The molecule has 6 heteroatoms. The highest BCUT2D eigenvalue weighted by Gasteiger charge is 2.12. The van der Waals surface area contributed by atoms with E-state index in [0.717, 1.165) is 11.3 Å². The van der Waals surface area contributed by atoms with Crippen LogP contribution in [0.3, 0.4) is 0 Å². The Morgan fingerprint density at radius 1 is 1.39 bits per heavy atom. The number of esters is 1. The minimum Gasteiger partial charge on any atom is -0.497 e. The van der Waals surface area contributed by atoms with Crippen LogP contribution in [0.15, 0.2) is 29.4 Å². The summed E-state index contributed by atoms with van der Waals surface area (Å²) >= 11 is 0. The van der Waals surface area contributed by atoms with E-state index in [4.69, 9.17) is 10.3 Å². The molecule has 0 bridgehead atoms. The maximum absolute atomic E-state index is 11.1. The zero-order valence-electron chi connectivity index (χ0n) is 10.4. The zero-order chi connectivity index (χ0) is 13.4. The van der Waals surface area contributed by atoms with E-state index < -0.39 is 0 Å². The van der Waals surface area contributed by atoms with Crippen molar-refractivity contribution < 1.29 is 14.3 Å². The van der Waals surface area contributed by atoms with Gasteiger partial charge in [-0.05, 0) is 29.6 Å². The maximum Gasteiger partial charge on any atom is 0.305 e. The Kier molecular flexibility index (Phi) is 5.54. The smallest absolute Gasteiger partial charge is 0.305 e. The monoisotopic (exact) mass is 249 g/mol. The Morgan fingerprint density at radius 3 is 2.56 bits per heavy atom. The predicted octanol–water partition coefficient (Wildman–Crippen LogP) is 3.00. The van der Waals surface area contributed by atoms with Crippen molar-refractivity contribution in [2.75, 3.05) is 14.2 Å². The molecule has 0 aliphatic rings. The molecule has 1 rings (SSSR count). The Hall–Kier alpha value is -2.20. The summed E-state index contributed by atoms with van der Waals surface area (Å²) in [6.07, 6.45) is 0.634. The lowest BCUT2D eigenvalue weighted by molar-refractivity contribution is -0.140. The molecule has 0 aromatic heterocycles. The molecule has 18 heavy (non-hydrogen) atoms. The van der Waals surface area contributed by atoms with E-state index in [9.17, 15) is 4.79 Å². The molecule has 0 radical (unpaired) electrons. The predicted molar refractivity (Wildman–Crippen MR) is 66.1 cm³/mol. The van der Waals surface area contributed by atoms with Gasteiger partial charge in [-0.25, -0.2) is 0 Å². The number of azide groups is 1. The number of nitrogens with zero attached hydrogens (tertiary/aromatic N) is 3. The molecule has 1 aromatic rings. The van der Waals surface area contributed by atoms with Crippen LogP contribution in [0.2, 0.25) is 0 Å². The van der Waals surface area contributed by atoms with Crippen LogP contribution < -0.4 is 4.74 Å². The second-order valence-corrected chi connectivity index (χ2v) is 3.61. The largest absolute Gasteiger partial charge is 0.497 e. The van der Waals surface area contributed by atoms with Gasteiger partial charge in [0, 0.05) is 11.3 Å². The van der Waals surface area contributed by atoms with E-state index in [0.29, 0.717) is 6.42 Å². The molecule has 96 valence electrons. The number of hydrogen-bond donors (Lipinski definition) is 0. The summed E-state index contributed by atoms with van der Waals surface area (Å²) in [5, 5.41) is 3.69. The molecule has 0 saturated carbocycles. The number of rotatable bonds is 6. The molecule has 0 fully saturated rings. The first kappa shape index (κ1) is 13.9. The second-order valence-electron chi connectivity index (χ2n) is 3.61. The SMILES string of the molecule is COC(=O)CCC(N=[N+]=[N-])c1ccc(OC)cc1. The number of benzene rings is 1. The Balaban J connectivity index is 2.76. The van der Waals surface area contributed by atoms with Crippen LogP contribution in [0, 0.1) is 0 Å². The summed E-state index contributed by atoms with van der Waals surface area (Å²) < 4.78 is 9.60. The fourth-order valence-corrected chi connectivity index (χ4v) is 1.54. The zero-order valence-corrected chi connectivity index (χ0v) is 10.4. The van der Waals surface area contributed by atoms with E-state index in [-0.39, 0.29) is 18.4 Å². The Morgan fingerprint density at radius 2 is 2.06 bits per heavy atom. The average Bonchev–Trinajstić information content (AvgIpc) is 2.43. The molecule has 1 aromatic carbocycles. The third-order valence-electron chi connectivity index (χ3n) is 2.54. The van der Waals surface area contributed by atoms with Gasteiger partial charge >= 0.3 is 5.97 Å². The van der Waals surface area contributed by atoms with Crippen LogP contribution >= 0.6 is 0 Å². The number of methoxy groups -OCH3 is 2. The Labute approximate surface area is 105 Å².